The number of benzene rings is 2. The molecule has 108 valence electrons. The van der Waals surface area contributed by atoms with Crippen molar-refractivity contribution in [2.45, 2.75) is 17.4 Å². The van der Waals surface area contributed by atoms with Gasteiger partial charge in [-0.2, -0.15) is 0 Å². The molecule has 3 rings (SSSR count). The molecule has 0 spiro atoms. The van der Waals surface area contributed by atoms with Crippen molar-refractivity contribution >= 4 is 23.4 Å². The van der Waals surface area contributed by atoms with Gasteiger partial charge in [-0.1, -0.05) is 42.5 Å². The normalized spacial score (nSPS) is 15.4. The Kier molecular flexibility index (Phi) is 4.27. The largest absolute Gasteiger partial charge is 0.320 e. The van der Waals surface area contributed by atoms with Crippen molar-refractivity contribution < 1.29 is 4.79 Å². The van der Waals surface area contributed by atoms with Crippen LogP contribution < -0.4 is 10.6 Å². The first-order valence-corrected chi connectivity index (χ1v) is 8.07. The molecule has 0 bridgehead atoms. The highest BCUT2D eigenvalue weighted by molar-refractivity contribution is 7.99. The first kappa shape index (κ1) is 14.2. The van der Waals surface area contributed by atoms with Crippen LogP contribution in [0.1, 0.15) is 5.56 Å². The number of amides is 1. The Labute approximate surface area is 129 Å². The molecule has 0 radical (unpaired) electrons. The SMILES string of the molecule is N[C@H](Cc1ccccc1)C(=O)N1CCSc2ccccc21. The van der Waals surface area contributed by atoms with Crippen LogP contribution in [0.5, 0.6) is 0 Å². The van der Waals surface area contributed by atoms with Crippen molar-refractivity contribution in [3.8, 4) is 0 Å². The zero-order valence-corrected chi connectivity index (χ0v) is 12.6. The van der Waals surface area contributed by atoms with E-state index in [2.05, 4.69) is 6.07 Å². The van der Waals surface area contributed by atoms with Crippen LogP contribution in [0.15, 0.2) is 59.5 Å². The van der Waals surface area contributed by atoms with E-state index in [-0.39, 0.29) is 5.91 Å². The van der Waals surface area contributed by atoms with Crippen LogP contribution in [-0.4, -0.2) is 24.2 Å². The van der Waals surface area contributed by atoms with Gasteiger partial charge in [0.2, 0.25) is 5.91 Å². The fourth-order valence-electron chi connectivity index (χ4n) is 2.55. The summed E-state index contributed by atoms with van der Waals surface area (Å²) in [6.45, 7) is 0.725. The molecule has 1 aliphatic heterocycles. The Morgan fingerprint density at radius 2 is 1.86 bits per heavy atom. The molecule has 2 aromatic carbocycles. The average molecular weight is 298 g/mol. The summed E-state index contributed by atoms with van der Waals surface area (Å²) in [5.74, 6) is 0.924. The second kappa shape index (κ2) is 6.33. The van der Waals surface area contributed by atoms with Gasteiger partial charge in [-0.3, -0.25) is 4.79 Å². The first-order valence-electron chi connectivity index (χ1n) is 7.08. The molecule has 0 saturated heterocycles. The van der Waals surface area contributed by atoms with Crippen LogP contribution in [0.25, 0.3) is 0 Å². The summed E-state index contributed by atoms with van der Waals surface area (Å²) in [6.07, 6.45) is 0.575. The number of para-hydroxylation sites is 1. The highest BCUT2D eigenvalue weighted by Crippen LogP contribution is 2.34. The van der Waals surface area contributed by atoms with E-state index in [1.54, 1.807) is 11.8 Å². The number of fused-ring (bicyclic) bond motifs is 1. The predicted molar refractivity (Wildman–Crippen MR) is 87.6 cm³/mol. The Balaban J connectivity index is 1.77. The molecule has 2 aromatic rings. The minimum Gasteiger partial charge on any atom is -0.320 e. The summed E-state index contributed by atoms with van der Waals surface area (Å²) in [4.78, 5) is 15.6. The van der Waals surface area contributed by atoms with Crippen molar-refractivity contribution in [1.29, 1.82) is 0 Å². The maximum Gasteiger partial charge on any atom is 0.244 e. The molecule has 1 heterocycles. The number of anilines is 1. The molecule has 4 heteroatoms. The van der Waals surface area contributed by atoms with Crippen LogP contribution in [0.3, 0.4) is 0 Å². The van der Waals surface area contributed by atoms with Crippen molar-refractivity contribution in [2.75, 3.05) is 17.2 Å². The van der Waals surface area contributed by atoms with Crippen LogP contribution in [-0.2, 0) is 11.2 Å². The summed E-state index contributed by atoms with van der Waals surface area (Å²) < 4.78 is 0. The lowest BCUT2D eigenvalue weighted by molar-refractivity contribution is -0.119. The number of nitrogens with two attached hydrogens (primary N) is 1. The number of hydrogen-bond donors (Lipinski definition) is 1. The highest BCUT2D eigenvalue weighted by Gasteiger charge is 2.26. The second-order valence-electron chi connectivity index (χ2n) is 5.10. The van der Waals surface area contributed by atoms with E-state index in [0.29, 0.717) is 6.42 Å². The molecule has 1 aliphatic rings. The molecule has 0 fully saturated rings. The molecule has 2 N–H and O–H groups in total. The Bertz CT molecular complexity index is 630. The minimum atomic E-state index is -0.497. The summed E-state index contributed by atoms with van der Waals surface area (Å²) >= 11 is 1.79. The van der Waals surface area contributed by atoms with E-state index >= 15 is 0 Å². The van der Waals surface area contributed by atoms with Gasteiger partial charge in [0.25, 0.3) is 0 Å². The van der Waals surface area contributed by atoms with E-state index in [9.17, 15) is 4.79 Å². The van der Waals surface area contributed by atoms with Crippen LogP contribution in [0, 0.1) is 0 Å². The maximum atomic E-state index is 12.7. The molecule has 0 aliphatic carbocycles. The van der Waals surface area contributed by atoms with E-state index < -0.39 is 6.04 Å². The van der Waals surface area contributed by atoms with E-state index in [4.69, 9.17) is 5.73 Å². The third-order valence-electron chi connectivity index (χ3n) is 3.61. The van der Waals surface area contributed by atoms with Crippen LogP contribution in [0.4, 0.5) is 5.69 Å². The molecular formula is C17H18N2OS. The molecule has 0 aromatic heterocycles. The zero-order chi connectivity index (χ0) is 14.7. The lowest BCUT2D eigenvalue weighted by Crippen LogP contribution is -2.47. The van der Waals surface area contributed by atoms with Gasteiger partial charge in [-0.25, -0.2) is 0 Å². The third-order valence-corrected chi connectivity index (χ3v) is 4.65. The van der Waals surface area contributed by atoms with Gasteiger partial charge < -0.3 is 10.6 Å². The van der Waals surface area contributed by atoms with E-state index in [1.807, 2.05) is 53.4 Å². The zero-order valence-electron chi connectivity index (χ0n) is 11.7. The molecule has 21 heavy (non-hydrogen) atoms. The lowest BCUT2D eigenvalue weighted by Gasteiger charge is -2.31. The maximum absolute atomic E-state index is 12.7. The first-order chi connectivity index (χ1) is 10.3. The summed E-state index contributed by atoms with van der Waals surface area (Å²) in [6, 6.07) is 17.4. The summed E-state index contributed by atoms with van der Waals surface area (Å²) in [5, 5.41) is 0. The van der Waals surface area contributed by atoms with Crippen molar-refractivity contribution in [1.82, 2.24) is 0 Å². The van der Waals surface area contributed by atoms with Gasteiger partial charge in [0, 0.05) is 17.2 Å². The van der Waals surface area contributed by atoms with Crippen LogP contribution >= 0.6 is 11.8 Å². The monoisotopic (exact) mass is 298 g/mol. The van der Waals surface area contributed by atoms with Crippen LogP contribution in [0.2, 0.25) is 0 Å². The fourth-order valence-corrected chi connectivity index (χ4v) is 3.55. The Hall–Kier alpha value is -1.78. The van der Waals surface area contributed by atoms with Gasteiger partial charge in [-0.15, -0.1) is 11.8 Å². The smallest absolute Gasteiger partial charge is 0.244 e. The quantitative estimate of drug-likeness (QED) is 0.947. The van der Waals surface area contributed by atoms with E-state index in [0.717, 1.165) is 28.4 Å². The predicted octanol–water partition coefficient (Wildman–Crippen LogP) is 2.70. The number of carbonyl (C=O) groups excluding carboxylic acids is 1. The van der Waals surface area contributed by atoms with Crippen molar-refractivity contribution in [3.63, 3.8) is 0 Å². The number of nitrogens with zero attached hydrogens (tertiary/aromatic N) is 1. The minimum absolute atomic E-state index is 0.00611. The lowest BCUT2D eigenvalue weighted by atomic mass is 10.1. The summed E-state index contributed by atoms with van der Waals surface area (Å²) in [5.41, 5.74) is 8.22. The van der Waals surface area contributed by atoms with Crippen molar-refractivity contribution in [3.05, 3.63) is 60.2 Å². The molecule has 1 atom stereocenters. The number of hydrogen-bond acceptors (Lipinski definition) is 3. The Morgan fingerprint density at radius 3 is 2.67 bits per heavy atom. The highest BCUT2D eigenvalue weighted by atomic mass is 32.2. The molecule has 0 unspecified atom stereocenters. The fraction of sp³-hybridized carbons (Fsp3) is 0.235. The number of carbonyl (C=O) groups is 1. The standard InChI is InChI=1S/C17H18N2OS/c18-14(12-13-6-2-1-3-7-13)17(20)19-10-11-21-16-9-5-4-8-15(16)19/h1-9,14H,10-12,18H2/t14-/m1/s1. The van der Waals surface area contributed by atoms with Gasteiger partial charge in [-0.05, 0) is 24.1 Å². The Morgan fingerprint density at radius 1 is 1.14 bits per heavy atom. The average Bonchev–Trinajstić information content (AvgIpc) is 2.54. The third kappa shape index (κ3) is 3.12. The van der Waals surface area contributed by atoms with Gasteiger partial charge in [0.1, 0.15) is 0 Å². The second-order valence-corrected chi connectivity index (χ2v) is 6.24. The van der Waals surface area contributed by atoms with Gasteiger partial charge >= 0.3 is 0 Å². The molecule has 3 nitrogen and oxygen atoms in total. The molecule has 0 saturated carbocycles. The van der Waals surface area contributed by atoms with Gasteiger partial charge in [0.05, 0.1) is 11.7 Å². The molecular weight excluding hydrogens is 280 g/mol. The van der Waals surface area contributed by atoms with Gasteiger partial charge in [0.15, 0.2) is 0 Å². The molecule has 1 amide bonds. The topological polar surface area (TPSA) is 46.3 Å². The van der Waals surface area contributed by atoms with E-state index in [1.165, 1.54) is 0 Å². The summed E-state index contributed by atoms with van der Waals surface area (Å²) in [7, 11) is 0. The number of rotatable bonds is 3. The number of thioether (sulfide) groups is 1. The van der Waals surface area contributed by atoms with Crippen molar-refractivity contribution in [2.24, 2.45) is 5.73 Å².